The van der Waals surface area contributed by atoms with Crippen LogP contribution < -0.4 is 10.6 Å². The third kappa shape index (κ3) is 3.75. The average molecular weight is 281 g/mol. The largest absolute Gasteiger partial charge is 0.375 e. The molecule has 0 saturated carbocycles. The summed E-state index contributed by atoms with van der Waals surface area (Å²) in [4.78, 5) is 12.8. The Morgan fingerprint density at radius 3 is 2.78 bits per heavy atom. The van der Waals surface area contributed by atoms with Gasteiger partial charge in [-0.15, -0.1) is 11.3 Å². The normalized spacial score (nSPS) is 10.1. The lowest BCUT2D eigenvalue weighted by molar-refractivity contribution is -0.119. The van der Waals surface area contributed by atoms with Gasteiger partial charge in [-0.05, 0) is 23.6 Å². The number of nitrogens with one attached hydrogen (secondary N) is 2. The number of thiophene rings is 1. The van der Waals surface area contributed by atoms with E-state index in [0.29, 0.717) is 11.6 Å². The van der Waals surface area contributed by atoms with Crippen LogP contribution in [-0.2, 0) is 11.3 Å². The van der Waals surface area contributed by atoms with Gasteiger partial charge in [0.1, 0.15) is 0 Å². The van der Waals surface area contributed by atoms with Crippen LogP contribution in [0.2, 0.25) is 5.02 Å². The third-order valence-corrected chi connectivity index (χ3v) is 3.56. The summed E-state index contributed by atoms with van der Waals surface area (Å²) >= 11 is 7.60. The molecular formula is C13H13ClN2OS. The minimum Gasteiger partial charge on any atom is -0.375 e. The van der Waals surface area contributed by atoms with Crippen molar-refractivity contribution in [3.63, 3.8) is 0 Å². The van der Waals surface area contributed by atoms with Gasteiger partial charge in [-0.3, -0.25) is 4.79 Å². The molecule has 1 heterocycles. The zero-order chi connectivity index (χ0) is 12.8. The second kappa shape index (κ2) is 6.42. The molecule has 94 valence electrons. The van der Waals surface area contributed by atoms with Gasteiger partial charge in [0, 0.05) is 4.88 Å². The van der Waals surface area contributed by atoms with E-state index < -0.39 is 0 Å². The topological polar surface area (TPSA) is 41.1 Å². The fourth-order valence-corrected chi connectivity index (χ4v) is 2.29. The van der Waals surface area contributed by atoms with Crippen LogP contribution in [0.3, 0.4) is 0 Å². The summed E-state index contributed by atoms with van der Waals surface area (Å²) in [6.45, 7) is 0.788. The van der Waals surface area contributed by atoms with Crippen molar-refractivity contribution >= 4 is 34.5 Å². The van der Waals surface area contributed by atoms with E-state index >= 15 is 0 Å². The molecular weight excluding hydrogens is 268 g/mol. The lowest BCUT2D eigenvalue weighted by Crippen LogP contribution is -2.29. The van der Waals surface area contributed by atoms with Crippen molar-refractivity contribution in [2.24, 2.45) is 0 Å². The quantitative estimate of drug-likeness (QED) is 0.883. The lowest BCUT2D eigenvalue weighted by atomic mass is 10.3. The summed E-state index contributed by atoms with van der Waals surface area (Å²) in [5.41, 5.74) is 0.769. The van der Waals surface area contributed by atoms with Crippen LogP contribution in [0.5, 0.6) is 0 Å². The van der Waals surface area contributed by atoms with Gasteiger partial charge in [0.2, 0.25) is 5.91 Å². The average Bonchev–Trinajstić information content (AvgIpc) is 2.88. The first-order valence-corrected chi connectivity index (χ1v) is 6.79. The standard InChI is InChI=1S/C13H13ClN2OS/c14-11-5-1-2-6-12(11)15-9-13(17)16-8-10-4-3-7-18-10/h1-7,15H,8-9H2,(H,16,17). The van der Waals surface area contributed by atoms with E-state index in [2.05, 4.69) is 10.6 Å². The van der Waals surface area contributed by atoms with Crippen LogP contribution in [0.15, 0.2) is 41.8 Å². The third-order valence-electron chi connectivity index (χ3n) is 2.35. The van der Waals surface area contributed by atoms with E-state index in [1.54, 1.807) is 17.4 Å². The van der Waals surface area contributed by atoms with Gasteiger partial charge in [0.25, 0.3) is 0 Å². The maximum Gasteiger partial charge on any atom is 0.239 e. The Balaban J connectivity index is 1.77. The van der Waals surface area contributed by atoms with Crippen molar-refractivity contribution in [3.05, 3.63) is 51.7 Å². The van der Waals surface area contributed by atoms with Crippen molar-refractivity contribution in [3.8, 4) is 0 Å². The Hall–Kier alpha value is -1.52. The highest BCUT2D eigenvalue weighted by molar-refractivity contribution is 7.09. The van der Waals surface area contributed by atoms with Gasteiger partial charge in [0.15, 0.2) is 0 Å². The molecule has 0 fully saturated rings. The Morgan fingerprint density at radius 1 is 1.22 bits per heavy atom. The number of amides is 1. The van der Waals surface area contributed by atoms with Crippen LogP contribution in [0, 0.1) is 0 Å². The van der Waals surface area contributed by atoms with E-state index in [0.717, 1.165) is 10.6 Å². The molecule has 18 heavy (non-hydrogen) atoms. The molecule has 1 aromatic carbocycles. The summed E-state index contributed by atoms with van der Waals surface area (Å²) in [6.07, 6.45) is 0. The summed E-state index contributed by atoms with van der Waals surface area (Å²) < 4.78 is 0. The molecule has 0 atom stereocenters. The molecule has 0 aliphatic rings. The van der Waals surface area contributed by atoms with Crippen molar-refractivity contribution in [1.29, 1.82) is 0 Å². The minimum atomic E-state index is -0.0525. The molecule has 0 aliphatic carbocycles. The van der Waals surface area contributed by atoms with Gasteiger partial charge >= 0.3 is 0 Å². The number of halogens is 1. The summed E-state index contributed by atoms with van der Waals surface area (Å²) in [6, 6.07) is 11.3. The van der Waals surface area contributed by atoms with E-state index in [-0.39, 0.29) is 12.5 Å². The number of hydrogen-bond donors (Lipinski definition) is 2. The molecule has 0 saturated heterocycles. The first-order chi connectivity index (χ1) is 8.75. The number of carbonyl (C=O) groups is 1. The van der Waals surface area contributed by atoms with E-state index in [9.17, 15) is 4.79 Å². The van der Waals surface area contributed by atoms with Gasteiger partial charge in [-0.1, -0.05) is 29.8 Å². The Morgan fingerprint density at radius 2 is 2.06 bits per heavy atom. The first kappa shape index (κ1) is 12.9. The number of carbonyl (C=O) groups excluding carboxylic acids is 1. The molecule has 0 aliphatic heterocycles. The van der Waals surface area contributed by atoms with Crippen LogP contribution >= 0.6 is 22.9 Å². The number of anilines is 1. The van der Waals surface area contributed by atoms with Gasteiger partial charge in [0.05, 0.1) is 23.8 Å². The van der Waals surface area contributed by atoms with Crippen LogP contribution in [-0.4, -0.2) is 12.5 Å². The lowest BCUT2D eigenvalue weighted by Gasteiger charge is -2.08. The number of hydrogen-bond acceptors (Lipinski definition) is 3. The fraction of sp³-hybridized carbons (Fsp3) is 0.154. The van der Waals surface area contributed by atoms with Crippen molar-refractivity contribution < 1.29 is 4.79 Å². The summed E-state index contributed by atoms with van der Waals surface area (Å²) in [5.74, 6) is -0.0525. The highest BCUT2D eigenvalue weighted by Gasteiger charge is 2.03. The molecule has 0 radical (unpaired) electrons. The second-order valence-corrected chi connectivity index (χ2v) is 5.13. The zero-order valence-electron chi connectivity index (χ0n) is 9.65. The molecule has 0 spiro atoms. The molecule has 2 aromatic rings. The molecule has 1 amide bonds. The Labute approximate surface area is 115 Å². The summed E-state index contributed by atoms with van der Waals surface area (Å²) in [7, 11) is 0. The monoisotopic (exact) mass is 280 g/mol. The number of benzene rings is 1. The van der Waals surface area contributed by atoms with Crippen molar-refractivity contribution in [1.82, 2.24) is 5.32 Å². The van der Waals surface area contributed by atoms with Gasteiger partial charge < -0.3 is 10.6 Å². The first-order valence-electron chi connectivity index (χ1n) is 5.53. The highest BCUT2D eigenvalue weighted by atomic mass is 35.5. The Kier molecular flexibility index (Phi) is 4.61. The molecule has 2 rings (SSSR count). The number of para-hydroxylation sites is 1. The van der Waals surface area contributed by atoms with Gasteiger partial charge in [-0.2, -0.15) is 0 Å². The van der Waals surface area contributed by atoms with E-state index in [1.807, 2.05) is 35.7 Å². The number of rotatable bonds is 5. The molecule has 0 unspecified atom stereocenters. The maximum absolute atomic E-state index is 11.6. The van der Waals surface area contributed by atoms with Crippen molar-refractivity contribution in [2.75, 3.05) is 11.9 Å². The molecule has 2 N–H and O–H groups in total. The zero-order valence-corrected chi connectivity index (χ0v) is 11.2. The minimum absolute atomic E-state index is 0.0525. The van der Waals surface area contributed by atoms with E-state index in [1.165, 1.54) is 0 Å². The Bertz CT molecular complexity index is 513. The maximum atomic E-state index is 11.6. The summed E-state index contributed by atoms with van der Waals surface area (Å²) in [5, 5.41) is 8.45. The van der Waals surface area contributed by atoms with Gasteiger partial charge in [-0.25, -0.2) is 0 Å². The van der Waals surface area contributed by atoms with Crippen LogP contribution in [0.1, 0.15) is 4.88 Å². The predicted molar refractivity (Wildman–Crippen MR) is 76.1 cm³/mol. The SMILES string of the molecule is O=C(CNc1ccccc1Cl)NCc1cccs1. The second-order valence-electron chi connectivity index (χ2n) is 3.69. The molecule has 1 aromatic heterocycles. The molecule has 5 heteroatoms. The highest BCUT2D eigenvalue weighted by Crippen LogP contribution is 2.19. The van der Waals surface area contributed by atoms with Crippen LogP contribution in [0.4, 0.5) is 5.69 Å². The van der Waals surface area contributed by atoms with Crippen LogP contribution in [0.25, 0.3) is 0 Å². The van der Waals surface area contributed by atoms with Crippen molar-refractivity contribution in [2.45, 2.75) is 6.54 Å². The predicted octanol–water partition coefficient (Wildman–Crippen LogP) is 3.13. The van der Waals surface area contributed by atoms with E-state index in [4.69, 9.17) is 11.6 Å². The smallest absolute Gasteiger partial charge is 0.239 e. The fourth-order valence-electron chi connectivity index (χ4n) is 1.44. The molecule has 3 nitrogen and oxygen atoms in total. The molecule has 0 bridgehead atoms.